The summed E-state index contributed by atoms with van der Waals surface area (Å²) >= 11 is 6.03. The molecule has 1 aromatic carbocycles. The third kappa shape index (κ3) is 7.07. The quantitative estimate of drug-likeness (QED) is 0.692. The van der Waals surface area contributed by atoms with Crippen molar-refractivity contribution in [2.45, 2.75) is 26.8 Å². The first-order valence-corrected chi connectivity index (χ1v) is 7.48. The molecule has 0 spiro atoms. The third-order valence-corrected chi connectivity index (χ3v) is 3.26. The van der Waals surface area contributed by atoms with Crippen LogP contribution in [0.5, 0.6) is 5.75 Å². The van der Waals surface area contributed by atoms with E-state index in [0.717, 1.165) is 0 Å². The van der Waals surface area contributed by atoms with E-state index in [1.165, 1.54) is 0 Å². The van der Waals surface area contributed by atoms with Crippen molar-refractivity contribution in [2.24, 2.45) is 11.7 Å². The number of halogens is 2. The molecule has 0 heterocycles. The van der Waals surface area contributed by atoms with Gasteiger partial charge in [-0.2, -0.15) is 0 Å². The smallest absolute Gasteiger partial charge is 0.243 e. The standard InChI is InChI=1S/C15H22ClN3O3.ClH/c1-4-22-12-6-5-10(7-11(12)16)19-13(20)8-18-15(21)14(17)9(2)3;/h5-7,9,14H,4,8,17H2,1-3H3,(H,18,21)(H,19,20);1H/t14-;/m0./s1. The fraction of sp³-hybridized carbons (Fsp3) is 0.467. The molecule has 0 aliphatic rings. The van der Waals surface area contributed by atoms with Crippen LogP contribution in [0.2, 0.25) is 5.02 Å². The first kappa shape index (κ1) is 21.5. The second-order valence-corrected chi connectivity index (χ2v) is 5.52. The van der Waals surface area contributed by atoms with E-state index >= 15 is 0 Å². The maximum Gasteiger partial charge on any atom is 0.243 e. The van der Waals surface area contributed by atoms with Gasteiger partial charge in [0.1, 0.15) is 5.75 Å². The fourth-order valence-corrected chi connectivity index (χ4v) is 1.88. The summed E-state index contributed by atoms with van der Waals surface area (Å²) in [5.41, 5.74) is 6.22. The second-order valence-electron chi connectivity index (χ2n) is 5.11. The highest BCUT2D eigenvalue weighted by Gasteiger charge is 2.17. The zero-order valence-electron chi connectivity index (χ0n) is 13.4. The number of carbonyl (C=O) groups is 2. The van der Waals surface area contributed by atoms with Crippen molar-refractivity contribution in [3.8, 4) is 5.75 Å². The van der Waals surface area contributed by atoms with Gasteiger partial charge in [0.2, 0.25) is 11.8 Å². The van der Waals surface area contributed by atoms with Crippen LogP contribution in [0.4, 0.5) is 5.69 Å². The summed E-state index contributed by atoms with van der Waals surface area (Å²) < 4.78 is 5.31. The van der Waals surface area contributed by atoms with Crippen molar-refractivity contribution in [2.75, 3.05) is 18.5 Å². The monoisotopic (exact) mass is 363 g/mol. The Morgan fingerprint density at radius 2 is 2.00 bits per heavy atom. The summed E-state index contributed by atoms with van der Waals surface area (Å²) in [6, 6.07) is 4.31. The van der Waals surface area contributed by atoms with Gasteiger partial charge in [-0.25, -0.2) is 0 Å². The lowest BCUT2D eigenvalue weighted by Gasteiger charge is -2.15. The highest BCUT2D eigenvalue weighted by atomic mass is 35.5. The van der Waals surface area contributed by atoms with Crippen molar-refractivity contribution in [1.29, 1.82) is 0 Å². The van der Waals surface area contributed by atoms with Gasteiger partial charge in [0, 0.05) is 5.69 Å². The Morgan fingerprint density at radius 1 is 1.35 bits per heavy atom. The summed E-state index contributed by atoms with van der Waals surface area (Å²) in [5.74, 6) is -0.147. The summed E-state index contributed by atoms with van der Waals surface area (Å²) in [7, 11) is 0. The first-order valence-electron chi connectivity index (χ1n) is 7.10. The van der Waals surface area contributed by atoms with E-state index in [9.17, 15) is 9.59 Å². The molecule has 0 unspecified atom stereocenters. The van der Waals surface area contributed by atoms with Gasteiger partial charge < -0.3 is 21.1 Å². The van der Waals surface area contributed by atoms with Gasteiger partial charge in [0.15, 0.2) is 0 Å². The third-order valence-electron chi connectivity index (χ3n) is 2.96. The highest BCUT2D eigenvalue weighted by Crippen LogP contribution is 2.27. The molecular formula is C15H23Cl2N3O3. The fourth-order valence-electron chi connectivity index (χ4n) is 1.64. The zero-order valence-corrected chi connectivity index (χ0v) is 15.0. The molecule has 0 saturated heterocycles. The van der Waals surface area contributed by atoms with Crippen LogP contribution in [0.25, 0.3) is 0 Å². The lowest BCUT2D eigenvalue weighted by Crippen LogP contribution is -2.46. The topological polar surface area (TPSA) is 93.5 Å². The van der Waals surface area contributed by atoms with E-state index in [1.807, 2.05) is 20.8 Å². The molecule has 0 aliphatic heterocycles. The molecule has 1 aromatic rings. The molecule has 6 nitrogen and oxygen atoms in total. The van der Waals surface area contributed by atoms with E-state index in [2.05, 4.69) is 10.6 Å². The van der Waals surface area contributed by atoms with Gasteiger partial charge in [-0.3, -0.25) is 9.59 Å². The zero-order chi connectivity index (χ0) is 16.7. The van der Waals surface area contributed by atoms with Crippen LogP contribution in [0.1, 0.15) is 20.8 Å². The Balaban J connectivity index is 0.00000484. The number of nitrogens with one attached hydrogen (secondary N) is 2. The SMILES string of the molecule is CCOc1ccc(NC(=O)CNC(=O)[C@@H](N)C(C)C)cc1Cl.Cl. The van der Waals surface area contributed by atoms with Crippen molar-refractivity contribution >= 4 is 41.5 Å². The molecule has 0 saturated carbocycles. The van der Waals surface area contributed by atoms with E-state index in [0.29, 0.717) is 23.1 Å². The Bertz CT molecular complexity index is 539. The average Bonchev–Trinajstić information content (AvgIpc) is 2.46. The minimum absolute atomic E-state index is 0. The molecule has 23 heavy (non-hydrogen) atoms. The molecule has 0 aliphatic carbocycles. The Kier molecular flexibility index (Phi) is 9.64. The Morgan fingerprint density at radius 3 is 2.52 bits per heavy atom. The number of hydrogen-bond donors (Lipinski definition) is 3. The van der Waals surface area contributed by atoms with Crippen molar-refractivity contribution in [3.05, 3.63) is 23.2 Å². The predicted octanol–water partition coefficient (Wildman–Crippen LogP) is 2.20. The predicted molar refractivity (Wildman–Crippen MR) is 94.3 cm³/mol. The van der Waals surface area contributed by atoms with Gasteiger partial charge >= 0.3 is 0 Å². The van der Waals surface area contributed by atoms with Crippen molar-refractivity contribution in [3.63, 3.8) is 0 Å². The maximum atomic E-state index is 11.8. The van der Waals surface area contributed by atoms with E-state index in [-0.39, 0.29) is 36.7 Å². The van der Waals surface area contributed by atoms with E-state index in [1.54, 1.807) is 18.2 Å². The lowest BCUT2D eigenvalue weighted by atomic mass is 10.1. The molecular weight excluding hydrogens is 341 g/mol. The summed E-state index contributed by atoms with van der Waals surface area (Å²) in [4.78, 5) is 23.4. The van der Waals surface area contributed by atoms with Crippen LogP contribution in [0.15, 0.2) is 18.2 Å². The first-order chi connectivity index (χ1) is 10.3. The van der Waals surface area contributed by atoms with Crippen LogP contribution >= 0.6 is 24.0 Å². The summed E-state index contributed by atoms with van der Waals surface area (Å²) in [6.45, 7) is 5.90. The van der Waals surface area contributed by atoms with Crippen molar-refractivity contribution < 1.29 is 14.3 Å². The minimum Gasteiger partial charge on any atom is -0.492 e. The number of carbonyl (C=O) groups excluding carboxylic acids is 2. The largest absolute Gasteiger partial charge is 0.492 e. The molecule has 0 aromatic heterocycles. The molecule has 130 valence electrons. The number of rotatable bonds is 7. The van der Waals surface area contributed by atoms with E-state index in [4.69, 9.17) is 22.1 Å². The molecule has 8 heteroatoms. The molecule has 2 amide bonds. The molecule has 0 bridgehead atoms. The van der Waals surface area contributed by atoms with Gasteiger partial charge in [0.05, 0.1) is 24.2 Å². The van der Waals surface area contributed by atoms with Gasteiger partial charge in [0.25, 0.3) is 0 Å². The van der Waals surface area contributed by atoms with Crippen LogP contribution in [0.3, 0.4) is 0 Å². The summed E-state index contributed by atoms with van der Waals surface area (Å²) in [5, 5.41) is 5.55. The van der Waals surface area contributed by atoms with Gasteiger partial charge in [-0.15, -0.1) is 12.4 Å². The van der Waals surface area contributed by atoms with Crippen molar-refractivity contribution in [1.82, 2.24) is 5.32 Å². The highest BCUT2D eigenvalue weighted by molar-refractivity contribution is 6.32. The van der Waals surface area contributed by atoms with Crippen LogP contribution in [-0.2, 0) is 9.59 Å². The van der Waals surface area contributed by atoms with Crippen LogP contribution in [0, 0.1) is 5.92 Å². The minimum atomic E-state index is -0.632. The number of anilines is 1. The van der Waals surface area contributed by atoms with Crippen LogP contribution in [-0.4, -0.2) is 31.0 Å². The number of hydrogen-bond acceptors (Lipinski definition) is 4. The summed E-state index contributed by atoms with van der Waals surface area (Å²) in [6.07, 6.45) is 0. The lowest BCUT2D eigenvalue weighted by molar-refractivity contribution is -0.125. The number of amides is 2. The number of ether oxygens (including phenoxy) is 1. The van der Waals surface area contributed by atoms with Crippen LogP contribution < -0.4 is 21.1 Å². The second kappa shape index (κ2) is 10.3. The van der Waals surface area contributed by atoms with E-state index < -0.39 is 6.04 Å². The molecule has 4 N–H and O–H groups in total. The van der Waals surface area contributed by atoms with Gasteiger partial charge in [-0.1, -0.05) is 25.4 Å². The molecule has 1 rings (SSSR count). The average molecular weight is 364 g/mol. The molecule has 0 radical (unpaired) electrons. The Hall–Kier alpha value is -1.50. The molecule has 1 atom stereocenters. The number of nitrogens with two attached hydrogens (primary N) is 1. The Labute approximate surface area is 147 Å². The maximum absolute atomic E-state index is 11.8. The molecule has 0 fully saturated rings. The normalized spacial score (nSPS) is 11.4. The van der Waals surface area contributed by atoms with Gasteiger partial charge in [-0.05, 0) is 31.0 Å². The number of benzene rings is 1.